The minimum atomic E-state index is -0.381. The van der Waals surface area contributed by atoms with Gasteiger partial charge in [0.2, 0.25) is 5.91 Å². The second kappa shape index (κ2) is 8.63. The smallest absolute Gasteiger partial charge is 0.250 e. The summed E-state index contributed by atoms with van der Waals surface area (Å²) in [5.41, 5.74) is 1.66. The van der Waals surface area contributed by atoms with Crippen LogP contribution in [0.25, 0.3) is 28.2 Å². The molecule has 30 heavy (non-hydrogen) atoms. The first kappa shape index (κ1) is 19.4. The molecule has 5 nitrogen and oxygen atoms in total. The van der Waals surface area contributed by atoms with E-state index in [2.05, 4.69) is 10.6 Å². The van der Waals surface area contributed by atoms with Gasteiger partial charge < -0.3 is 14.8 Å². The molecule has 3 aromatic carbocycles. The average molecular weight is 414 g/mol. The number of nitrogens with one attached hydrogen (secondary N) is 2. The molecule has 4 rings (SSSR count). The highest BCUT2D eigenvalue weighted by Gasteiger charge is 2.07. The lowest BCUT2D eigenvalue weighted by atomic mass is 10.1. The van der Waals surface area contributed by atoms with Crippen molar-refractivity contribution in [3.05, 3.63) is 90.7 Å². The lowest BCUT2D eigenvalue weighted by Gasteiger charge is -2.11. The molecule has 0 aliphatic heterocycles. The third kappa shape index (κ3) is 4.39. The van der Waals surface area contributed by atoms with Crippen molar-refractivity contribution in [3.63, 3.8) is 0 Å². The number of amides is 1. The van der Waals surface area contributed by atoms with Crippen molar-refractivity contribution in [2.75, 3.05) is 5.32 Å². The molecule has 1 heterocycles. The van der Waals surface area contributed by atoms with E-state index in [1.165, 1.54) is 6.08 Å². The highest BCUT2D eigenvalue weighted by Crippen LogP contribution is 2.29. The topological polar surface area (TPSA) is 74.5 Å². The van der Waals surface area contributed by atoms with Crippen molar-refractivity contribution >= 4 is 45.8 Å². The maximum Gasteiger partial charge on any atom is 0.250 e. The Bertz CT molecular complexity index is 1250. The number of fused-ring (bicyclic) bond motifs is 1. The summed E-state index contributed by atoms with van der Waals surface area (Å²) in [6, 6.07) is 24.0. The first-order valence-electron chi connectivity index (χ1n) is 9.26. The number of phenols is 1. The van der Waals surface area contributed by atoms with Crippen LogP contribution in [-0.2, 0) is 4.79 Å². The van der Waals surface area contributed by atoms with E-state index in [1.54, 1.807) is 30.3 Å². The highest BCUT2D eigenvalue weighted by atomic mass is 32.1. The van der Waals surface area contributed by atoms with Gasteiger partial charge in [-0.2, -0.15) is 0 Å². The zero-order chi connectivity index (χ0) is 20.9. The number of hydrogen-bond acceptors (Lipinski definition) is 4. The number of anilines is 1. The maximum atomic E-state index is 12.2. The Hall–Kier alpha value is -3.90. The molecule has 148 valence electrons. The van der Waals surface area contributed by atoms with Crippen molar-refractivity contribution < 1.29 is 14.3 Å². The van der Waals surface area contributed by atoms with Crippen molar-refractivity contribution in [3.8, 4) is 17.1 Å². The third-order valence-corrected chi connectivity index (χ3v) is 4.67. The second-order valence-corrected chi connectivity index (χ2v) is 6.93. The van der Waals surface area contributed by atoms with Gasteiger partial charge in [-0.15, -0.1) is 0 Å². The van der Waals surface area contributed by atoms with Crippen molar-refractivity contribution in [2.45, 2.75) is 0 Å². The third-order valence-electron chi connectivity index (χ3n) is 4.47. The van der Waals surface area contributed by atoms with E-state index in [0.29, 0.717) is 16.8 Å². The van der Waals surface area contributed by atoms with Gasteiger partial charge in [-0.05, 0) is 42.6 Å². The van der Waals surface area contributed by atoms with Crippen molar-refractivity contribution in [1.29, 1.82) is 0 Å². The molecule has 4 aromatic rings. The minimum absolute atomic E-state index is 0.157. The predicted molar refractivity (Wildman–Crippen MR) is 123 cm³/mol. The Morgan fingerprint density at radius 1 is 0.900 bits per heavy atom. The molecule has 0 spiro atoms. The van der Waals surface area contributed by atoms with E-state index in [1.807, 2.05) is 54.6 Å². The molecule has 0 unspecified atom stereocenters. The Labute approximate surface area is 178 Å². The summed E-state index contributed by atoms with van der Waals surface area (Å²) in [6.07, 6.45) is 2.94. The van der Waals surface area contributed by atoms with Gasteiger partial charge >= 0.3 is 0 Å². The summed E-state index contributed by atoms with van der Waals surface area (Å²) in [4.78, 5) is 12.2. The lowest BCUT2D eigenvalue weighted by molar-refractivity contribution is -0.115. The zero-order valence-corrected chi connectivity index (χ0v) is 16.6. The Kier molecular flexibility index (Phi) is 5.59. The van der Waals surface area contributed by atoms with Crippen molar-refractivity contribution in [1.82, 2.24) is 5.32 Å². The predicted octanol–water partition coefficient (Wildman–Crippen LogP) is 5.33. The number of carbonyl (C=O) groups excluding carboxylic acids is 1. The van der Waals surface area contributed by atoms with Crippen molar-refractivity contribution in [2.24, 2.45) is 0 Å². The molecule has 0 atom stereocenters. The molecule has 0 aliphatic carbocycles. The fraction of sp³-hybridized carbons (Fsp3) is 0. The summed E-state index contributed by atoms with van der Waals surface area (Å²) >= 11 is 5.24. The molecule has 0 aliphatic rings. The van der Waals surface area contributed by atoms with Crippen LogP contribution < -0.4 is 10.6 Å². The van der Waals surface area contributed by atoms with Gasteiger partial charge in [-0.3, -0.25) is 10.1 Å². The fourth-order valence-electron chi connectivity index (χ4n) is 3.07. The molecule has 0 saturated carbocycles. The molecular weight excluding hydrogens is 396 g/mol. The van der Waals surface area contributed by atoms with Gasteiger partial charge in [-0.25, -0.2) is 0 Å². The molecular formula is C24H18N2O3S. The first-order chi connectivity index (χ1) is 14.6. The Balaban J connectivity index is 1.39. The monoisotopic (exact) mass is 414 g/mol. The summed E-state index contributed by atoms with van der Waals surface area (Å²) in [5.74, 6) is 1.09. The SMILES string of the molecule is O=C(/C=C/c1ccc(-c2ccccc2)o1)NC(=S)Nc1cccc2c(O)cccc12. The zero-order valence-electron chi connectivity index (χ0n) is 15.8. The van der Waals surface area contributed by atoms with E-state index in [-0.39, 0.29) is 16.8 Å². The van der Waals surface area contributed by atoms with Crippen LogP contribution >= 0.6 is 12.2 Å². The quantitative estimate of drug-likeness (QED) is 0.311. The number of rotatable bonds is 4. The number of phenolic OH excluding ortho intramolecular Hbond substituents is 1. The van der Waals surface area contributed by atoms with E-state index in [4.69, 9.17) is 16.6 Å². The number of hydrogen-bond donors (Lipinski definition) is 3. The molecule has 1 aromatic heterocycles. The Morgan fingerprint density at radius 3 is 2.50 bits per heavy atom. The normalized spacial score (nSPS) is 10.9. The molecule has 6 heteroatoms. The Morgan fingerprint density at radius 2 is 1.67 bits per heavy atom. The number of benzene rings is 3. The van der Waals surface area contributed by atoms with E-state index < -0.39 is 0 Å². The number of aromatic hydroxyl groups is 1. The molecule has 1 amide bonds. The summed E-state index contributed by atoms with van der Waals surface area (Å²) in [5, 5.41) is 17.2. The van der Waals surface area contributed by atoms with Crippen LogP contribution in [0.1, 0.15) is 5.76 Å². The van der Waals surface area contributed by atoms with Crippen LogP contribution in [-0.4, -0.2) is 16.1 Å². The molecule has 0 saturated heterocycles. The molecule has 0 bridgehead atoms. The van der Waals surface area contributed by atoms with Gasteiger partial charge in [0.05, 0.1) is 0 Å². The highest BCUT2D eigenvalue weighted by molar-refractivity contribution is 7.80. The fourth-order valence-corrected chi connectivity index (χ4v) is 3.28. The van der Waals surface area contributed by atoms with Crippen LogP contribution in [0.3, 0.4) is 0 Å². The number of furan rings is 1. The molecule has 3 N–H and O–H groups in total. The van der Waals surface area contributed by atoms with Gasteiger partial charge in [0.25, 0.3) is 0 Å². The van der Waals surface area contributed by atoms with Crippen LogP contribution in [0.2, 0.25) is 0 Å². The van der Waals surface area contributed by atoms with Gasteiger partial charge in [0.15, 0.2) is 5.11 Å². The minimum Gasteiger partial charge on any atom is -0.507 e. The van der Waals surface area contributed by atoms with E-state index >= 15 is 0 Å². The van der Waals surface area contributed by atoms with Crippen LogP contribution in [0.5, 0.6) is 5.75 Å². The summed E-state index contributed by atoms with van der Waals surface area (Å²) in [6.45, 7) is 0. The summed E-state index contributed by atoms with van der Waals surface area (Å²) < 4.78 is 5.74. The standard InChI is InChI=1S/C24H18N2O3S/c27-21-11-5-8-18-19(21)9-4-10-20(18)25-24(30)26-23(28)15-13-17-12-14-22(29-17)16-6-2-1-3-7-16/h1-15,27H,(H2,25,26,28,30)/b15-13+. The van der Waals surface area contributed by atoms with Crippen LogP contribution in [0, 0.1) is 0 Å². The van der Waals surface area contributed by atoms with Crippen LogP contribution in [0.4, 0.5) is 5.69 Å². The number of thiocarbonyl (C=S) groups is 1. The van der Waals surface area contributed by atoms with E-state index in [9.17, 15) is 9.90 Å². The maximum absolute atomic E-state index is 12.2. The molecule has 0 fully saturated rings. The van der Waals surface area contributed by atoms with E-state index in [0.717, 1.165) is 16.7 Å². The van der Waals surface area contributed by atoms with Gasteiger partial charge in [-0.1, -0.05) is 54.6 Å². The van der Waals surface area contributed by atoms with Crippen LogP contribution in [0.15, 0.2) is 89.4 Å². The van der Waals surface area contributed by atoms with Gasteiger partial charge in [0, 0.05) is 28.1 Å². The largest absolute Gasteiger partial charge is 0.507 e. The number of carbonyl (C=O) groups is 1. The first-order valence-corrected chi connectivity index (χ1v) is 9.67. The molecule has 0 radical (unpaired) electrons. The second-order valence-electron chi connectivity index (χ2n) is 6.52. The summed E-state index contributed by atoms with van der Waals surface area (Å²) in [7, 11) is 0. The van der Waals surface area contributed by atoms with Gasteiger partial charge in [0.1, 0.15) is 17.3 Å². The average Bonchev–Trinajstić information content (AvgIpc) is 3.23. The lowest BCUT2D eigenvalue weighted by Crippen LogP contribution is -2.32.